The highest BCUT2D eigenvalue weighted by atomic mass is 19.1. The molecule has 0 N–H and O–H groups in total. The van der Waals surface area contributed by atoms with E-state index in [1.807, 2.05) is 54.6 Å². The number of benzene rings is 3. The van der Waals surface area contributed by atoms with Gasteiger partial charge in [0, 0.05) is 0 Å². The molecule has 5 rings (SSSR count). The van der Waals surface area contributed by atoms with Crippen LogP contribution in [0, 0.1) is 11.7 Å². The van der Waals surface area contributed by atoms with E-state index >= 15 is 0 Å². The van der Waals surface area contributed by atoms with Crippen LogP contribution in [-0.4, -0.2) is 25.0 Å². The third kappa shape index (κ3) is 3.14. The fourth-order valence-electron chi connectivity index (χ4n) is 4.22. The number of anilines is 2. The molecule has 2 aliphatic rings. The van der Waals surface area contributed by atoms with Gasteiger partial charge in [0.2, 0.25) is 5.91 Å². The minimum absolute atomic E-state index is 0.324. The molecule has 0 spiro atoms. The molecule has 0 bridgehead atoms. The number of amides is 2. The molecule has 0 radical (unpaired) electrons. The summed E-state index contributed by atoms with van der Waals surface area (Å²) in [5.74, 6) is -1.41. The van der Waals surface area contributed by atoms with Crippen molar-refractivity contribution in [2.45, 2.75) is 12.1 Å². The Morgan fingerprint density at radius 3 is 2.32 bits per heavy atom. The van der Waals surface area contributed by atoms with Crippen LogP contribution in [0.1, 0.15) is 11.6 Å². The Morgan fingerprint density at radius 1 is 0.871 bits per heavy atom. The molecule has 0 aliphatic carbocycles. The molecule has 0 unspecified atom stereocenters. The molecule has 0 aromatic heterocycles. The van der Waals surface area contributed by atoms with Crippen LogP contribution < -0.4 is 14.7 Å². The molecule has 3 aromatic carbocycles. The average molecular weight is 418 g/mol. The van der Waals surface area contributed by atoms with Gasteiger partial charge in [-0.15, -0.1) is 0 Å². The fraction of sp³-hybridized carbons (Fsp3) is 0.167. The van der Waals surface area contributed by atoms with Crippen molar-refractivity contribution in [2.24, 2.45) is 5.92 Å². The molecule has 3 atom stereocenters. The zero-order chi connectivity index (χ0) is 21.5. The Kier molecular flexibility index (Phi) is 4.67. The van der Waals surface area contributed by atoms with Crippen molar-refractivity contribution < 1.29 is 23.6 Å². The van der Waals surface area contributed by atoms with Gasteiger partial charge in [0.15, 0.2) is 6.10 Å². The predicted octanol–water partition coefficient (Wildman–Crippen LogP) is 3.89. The summed E-state index contributed by atoms with van der Waals surface area (Å²) in [5, 5.41) is 1.63. The van der Waals surface area contributed by atoms with E-state index in [2.05, 4.69) is 0 Å². The molecule has 3 aromatic rings. The van der Waals surface area contributed by atoms with Gasteiger partial charge in [0.25, 0.3) is 5.91 Å². The topological polar surface area (TPSA) is 59.1 Å². The maximum absolute atomic E-state index is 13.5. The minimum Gasteiger partial charge on any atom is -0.497 e. The van der Waals surface area contributed by atoms with E-state index in [0.717, 1.165) is 16.2 Å². The first-order valence-electron chi connectivity index (χ1n) is 9.87. The lowest BCUT2D eigenvalue weighted by molar-refractivity contribution is -0.126. The summed E-state index contributed by atoms with van der Waals surface area (Å²) in [6, 6.07) is 21.5. The second-order valence-corrected chi connectivity index (χ2v) is 7.42. The number of hydrogen-bond acceptors (Lipinski definition) is 5. The highest BCUT2D eigenvalue weighted by Crippen LogP contribution is 2.47. The van der Waals surface area contributed by atoms with E-state index in [0.29, 0.717) is 11.4 Å². The molecular weight excluding hydrogens is 399 g/mol. The lowest BCUT2D eigenvalue weighted by Gasteiger charge is -2.29. The third-order valence-electron chi connectivity index (χ3n) is 5.65. The van der Waals surface area contributed by atoms with E-state index in [1.54, 1.807) is 12.2 Å². The van der Waals surface area contributed by atoms with Crippen molar-refractivity contribution in [2.75, 3.05) is 17.1 Å². The molecule has 2 fully saturated rings. The summed E-state index contributed by atoms with van der Waals surface area (Å²) < 4.78 is 18.7. The zero-order valence-electron chi connectivity index (χ0n) is 16.6. The lowest BCUT2D eigenvalue weighted by atomic mass is 9.90. The van der Waals surface area contributed by atoms with Gasteiger partial charge in [-0.25, -0.2) is 14.4 Å². The van der Waals surface area contributed by atoms with Crippen LogP contribution in [-0.2, 0) is 14.4 Å². The number of methoxy groups -OCH3 is 1. The van der Waals surface area contributed by atoms with Gasteiger partial charge in [0.1, 0.15) is 17.5 Å². The summed E-state index contributed by atoms with van der Waals surface area (Å²) in [6.07, 6.45) is -0.978. The number of carbonyl (C=O) groups is 2. The van der Waals surface area contributed by atoms with E-state index in [9.17, 15) is 14.0 Å². The highest BCUT2D eigenvalue weighted by molar-refractivity contribution is 6.23. The fourth-order valence-corrected chi connectivity index (χ4v) is 4.22. The molecule has 2 amide bonds. The molecule has 156 valence electrons. The van der Waals surface area contributed by atoms with Crippen molar-refractivity contribution in [3.8, 4) is 5.75 Å². The van der Waals surface area contributed by atoms with Crippen molar-refractivity contribution >= 4 is 23.2 Å². The molecule has 2 saturated heterocycles. The van der Waals surface area contributed by atoms with Gasteiger partial charge in [-0.1, -0.05) is 30.3 Å². The predicted molar refractivity (Wildman–Crippen MR) is 112 cm³/mol. The van der Waals surface area contributed by atoms with Crippen LogP contribution >= 0.6 is 0 Å². The summed E-state index contributed by atoms with van der Waals surface area (Å²) >= 11 is 0. The Hall–Kier alpha value is -3.71. The Bertz CT molecular complexity index is 1140. The molecule has 7 heteroatoms. The number of halogens is 1. The first-order valence-corrected chi connectivity index (χ1v) is 9.87. The van der Waals surface area contributed by atoms with Crippen LogP contribution in [0.5, 0.6) is 5.75 Å². The normalized spacial score (nSPS) is 22.7. The van der Waals surface area contributed by atoms with Gasteiger partial charge >= 0.3 is 0 Å². The quantitative estimate of drug-likeness (QED) is 0.602. The molecular formula is C24H19FN2O4. The van der Waals surface area contributed by atoms with E-state index < -0.39 is 29.8 Å². The number of hydrogen-bond donors (Lipinski definition) is 0. The first kappa shape index (κ1) is 19.3. The third-order valence-corrected chi connectivity index (χ3v) is 5.65. The standard InChI is InChI=1S/C24H19FN2O4/c1-30-19-9-5-6-15(14-19)21-20-22(31-27(21)18-7-3-2-4-8-18)24(29)26(23(20)28)17-12-10-16(25)11-13-17/h2-14,20-22H,1H3/t20-,21+,22+/m1/s1. The number of nitrogens with zero attached hydrogens (tertiary/aromatic N) is 2. The lowest BCUT2D eigenvalue weighted by Crippen LogP contribution is -2.37. The van der Waals surface area contributed by atoms with E-state index in [4.69, 9.17) is 9.57 Å². The zero-order valence-corrected chi connectivity index (χ0v) is 16.6. The number of fused-ring (bicyclic) bond motifs is 1. The van der Waals surface area contributed by atoms with Gasteiger partial charge in [0.05, 0.1) is 24.5 Å². The number of imide groups is 1. The Morgan fingerprint density at radius 2 is 1.61 bits per heavy atom. The maximum atomic E-state index is 13.5. The summed E-state index contributed by atoms with van der Waals surface area (Å²) in [7, 11) is 1.57. The monoisotopic (exact) mass is 418 g/mol. The van der Waals surface area contributed by atoms with Crippen molar-refractivity contribution in [3.63, 3.8) is 0 Å². The minimum atomic E-state index is -0.978. The second kappa shape index (κ2) is 7.52. The summed E-state index contributed by atoms with van der Waals surface area (Å²) in [6.45, 7) is 0. The van der Waals surface area contributed by atoms with E-state index in [-0.39, 0.29) is 5.91 Å². The van der Waals surface area contributed by atoms with Crippen LogP contribution in [0.4, 0.5) is 15.8 Å². The second-order valence-electron chi connectivity index (χ2n) is 7.42. The molecule has 6 nitrogen and oxygen atoms in total. The number of ether oxygens (including phenoxy) is 1. The summed E-state index contributed by atoms with van der Waals surface area (Å²) in [4.78, 5) is 33.8. The number of rotatable bonds is 4. The van der Waals surface area contributed by atoms with Gasteiger partial charge in [-0.05, 0) is 54.1 Å². The molecule has 0 saturated carbocycles. The van der Waals surface area contributed by atoms with Crippen LogP contribution in [0.3, 0.4) is 0 Å². The number of para-hydroxylation sites is 1. The van der Waals surface area contributed by atoms with Gasteiger partial charge in [-0.3, -0.25) is 14.4 Å². The van der Waals surface area contributed by atoms with Crippen LogP contribution in [0.15, 0.2) is 78.9 Å². The van der Waals surface area contributed by atoms with Crippen molar-refractivity contribution in [1.82, 2.24) is 0 Å². The largest absolute Gasteiger partial charge is 0.497 e. The number of hydroxylamine groups is 1. The van der Waals surface area contributed by atoms with Crippen molar-refractivity contribution in [3.05, 3.63) is 90.2 Å². The smallest absolute Gasteiger partial charge is 0.266 e. The van der Waals surface area contributed by atoms with Gasteiger partial charge in [-0.2, -0.15) is 0 Å². The molecule has 2 aliphatic heterocycles. The van der Waals surface area contributed by atoms with Crippen LogP contribution in [0.25, 0.3) is 0 Å². The summed E-state index contributed by atoms with van der Waals surface area (Å²) in [5.41, 5.74) is 1.85. The van der Waals surface area contributed by atoms with Gasteiger partial charge < -0.3 is 4.74 Å². The van der Waals surface area contributed by atoms with E-state index in [1.165, 1.54) is 24.3 Å². The first-order chi connectivity index (χ1) is 15.1. The highest BCUT2D eigenvalue weighted by Gasteiger charge is 2.60. The maximum Gasteiger partial charge on any atom is 0.266 e. The number of carbonyl (C=O) groups excluding carboxylic acids is 2. The molecule has 2 heterocycles. The molecule has 31 heavy (non-hydrogen) atoms. The Balaban J connectivity index is 1.59. The Labute approximate surface area is 178 Å². The average Bonchev–Trinajstić information content (AvgIpc) is 3.31. The SMILES string of the molecule is COc1cccc([C@H]2[C@H]3C(=O)N(c4ccc(F)cc4)C(=O)[C@H]3ON2c2ccccc2)c1. The van der Waals surface area contributed by atoms with Crippen molar-refractivity contribution in [1.29, 1.82) is 0 Å². The van der Waals surface area contributed by atoms with Crippen LogP contribution in [0.2, 0.25) is 0 Å².